The number of nitrogens with two attached hydrogens (primary N) is 1. The monoisotopic (exact) mass is 271 g/mol. The summed E-state index contributed by atoms with van der Waals surface area (Å²) in [4.78, 5) is 15.1. The lowest BCUT2D eigenvalue weighted by Crippen LogP contribution is -2.38. The first-order chi connectivity index (χ1) is 8.15. The number of hydrogen-bond donors (Lipinski definition) is 2. The lowest BCUT2D eigenvalue weighted by atomic mass is 10.2. The summed E-state index contributed by atoms with van der Waals surface area (Å²) in [7, 11) is -3.21. The van der Waals surface area contributed by atoms with Crippen LogP contribution in [0.1, 0.15) is 24.2 Å². The van der Waals surface area contributed by atoms with Crippen LogP contribution in [0.5, 0.6) is 0 Å². The van der Waals surface area contributed by atoms with Crippen molar-refractivity contribution in [3.05, 3.63) is 23.9 Å². The third-order valence-electron chi connectivity index (χ3n) is 2.76. The summed E-state index contributed by atoms with van der Waals surface area (Å²) < 4.78 is 22.1. The van der Waals surface area contributed by atoms with Crippen molar-refractivity contribution in [2.24, 2.45) is 5.73 Å². The van der Waals surface area contributed by atoms with Gasteiger partial charge in [0.25, 0.3) is 5.91 Å². The minimum atomic E-state index is -3.21. The number of aromatic nitrogens is 1. The molecule has 1 heterocycles. The fourth-order valence-corrected chi connectivity index (χ4v) is 1.51. The number of pyridine rings is 1. The SMILES string of the molecule is CC(C)(CNc1ncccc1C(N)=O)S(C)(=O)=O. The highest BCUT2D eigenvalue weighted by Gasteiger charge is 2.30. The Hall–Kier alpha value is -1.63. The quantitative estimate of drug-likeness (QED) is 0.807. The predicted octanol–water partition coefficient (Wildman–Crippen LogP) is 0.416. The van der Waals surface area contributed by atoms with E-state index in [1.54, 1.807) is 19.9 Å². The molecular formula is C11H17N3O3S. The van der Waals surface area contributed by atoms with Gasteiger partial charge >= 0.3 is 0 Å². The van der Waals surface area contributed by atoms with E-state index in [1.165, 1.54) is 18.5 Å². The summed E-state index contributed by atoms with van der Waals surface area (Å²) in [6.07, 6.45) is 2.67. The Morgan fingerprint density at radius 2 is 2.11 bits per heavy atom. The molecule has 7 heteroatoms. The first-order valence-corrected chi connectivity index (χ1v) is 7.22. The first-order valence-electron chi connectivity index (χ1n) is 5.33. The molecule has 1 aromatic heterocycles. The molecule has 0 spiro atoms. The van der Waals surface area contributed by atoms with Crippen LogP contribution in [0.25, 0.3) is 0 Å². The molecule has 0 atom stereocenters. The Balaban J connectivity index is 2.91. The van der Waals surface area contributed by atoms with Gasteiger partial charge in [-0.15, -0.1) is 0 Å². The van der Waals surface area contributed by atoms with Crippen molar-refractivity contribution in [3.63, 3.8) is 0 Å². The maximum Gasteiger partial charge on any atom is 0.252 e. The number of hydrogen-bond acceptors (Lipinski definition) is 5. The third-order valence-corrected chi connectivity index (χ3v) is 4.91. The Bertz CT molecular complexity index is 552. The molecule has 6 nitrogen and oxygen atoms in total. The number of nitrogens with zero attached hydrogens (tertiary/aromatic N) is 1. The van der Waals surface area contributed by atoms with E-state index in [2.05, 4.69) is 10.3 Å². The van der Waals surface area contributed by atoms with E-state index >= 15 is 0 Å². The molecule has 0 saturated carbocycles. The van der Waals surface area contributed by atoms with Gasteiger partial charge in [0.2, 0.25) is 0 Å². The van der Waals surface area contributed by atoms with Gasteiger partial charge in [0, 0.05) is 19.0 Å². The lowest BCUT2D eigenvalue weighted by molar-refractivity contribution is 0.100. The number of primary amides is 1. The highest BCUT2D eigenvalue weighted by atomic mass is 32.2. The zero-order chi connectivity index (χ0) is 14.0. The molecule has 0 saturated heterocycles. The van der Waals surface area contributed by atoms with Crippen molar-refractivity contribution < 1.29 is 13.2 Å². The van der Waals surface area contributed by atoms with Crippen LogP contribution in [-0.4, -0.2) is 36.9 Å². The van der Waals surface area contributed by atoms with Crippen LogP contribution in [0.3, 0.4) is 0 Å². The zero-order valence-corrected chi connectivity index (χ0v) is 11.4. The van der Waals surface area contributed by atoms with Crippen molar-refractivity contribution in [2.45, 2.75) is 18.6 Å². The van der Waals surface area contributed by atoms with Crippen molar-refractivity contribution >= 4 is 21.6 Å². The van der Waals surface area contributed by atoms with Gasteiger partial charge in [-0.2, -0.15) is 0 Å². The van der Waals surface area contributed by atoms with Crippen molar-refractivity contribution in [1.29, 1.82) is 0 Å². The maximum atomic E-state index is 11.5. The predicted molar refractivity (Wildman–Crippen MR) is 70.2 cm³/mol. The Morgan fingerprint density at radius 1 is 1.50 bits per heavy atom. The van der Waals surface area contributed by atoms with Gasteiger partial charge in [0.05, 0.1) is 10.3 Å². The van der Waals surface area contributed by atoms with Crippen LogP contribution in [0.2, 0.25) is 0 Å². The van der Waals surface area contributed by atoms with Crippen LogP contribution in [-0.2, 0) is 9.84 Å². The maximum absolute atomic E-state index is 11.5. The Labute approximate surface area is 107 Å². The molecule has 18 heavy (non-hydrogen) atoms. The van der Waals surface area contributed by atoms with E-state index in [9.17, 15) is 13.2 Å². The van der Waals surface area contributed by atoms with Gasteiger partial charge in [-0.3, -0.25) is 4.79 Å². The second-order valence-electron chi connectivity index (χ2n) is 4.65. The number of amides is 1. The highest BCUT2D eigenvalue weighted by molar-refractivity contribution is 7.92. The fourth-order valence-electron chi connectivity index (χ4n) is 1.17. The second kappa shape index (κ2) is 4.93. The van der Waals surface area contributed by atoms with E-state index in [-0.39, 0.29) is 12.1 Å². The van der Waals surface area contributed by atoms with Crippen molar-refractivity contribution in [3.8, 4) is 0 Å². The molecular weight excluding hydrogens is 254 g/mol. The van der Waals surface area contributed by atoms with E-state index in [4.69, 9.17) is 5.73 Å². The molecule has 0 radical (unpaired) electrons. The lowest BCUT2D eigenvalue weighted by Gasteiger charge is -2.23. The number of carbonyl (C=O) groups excluding carboxylic acids is 1. The summed E-state index contributed by atoms with van der Waals surface area (Å²) in [5.41, 5.74) is 5.44. The largest absolute Gasteiger partial charge is 0.368 e. The standard InChI is InChI=1S/C11H17N3O3S/c1-11(2,18(3,16)17)7-14-10-8(9(12)15)5-4-6-13-10/h4-6H,7H2,1-3H3,(H2,12,15)(H,13,14). The first kappa shape index (κ1) is 14.4. The van der Waals surface area contributed by atoms with Crippen LogP contribution in [0, 0.1) is 0 Å². The topological polar surface area (TPSA) is 102 Å². The number of rotatable bonds is 5. The number of anilines is 1. The van der Waals surface area contributed by atoms with Gasteiger partial charge in [-0.25, -0.2) is 13.4 Å². The summed E-state index contributed by atoms with van der Waals surface area (Å²) in [6.45, 7) is 3.34. The van der Waals surface area contributed by atoms with Gasteiger partial charge in [-0.1, -0.05) is 0 Å². The molecule has 1 amide bonds. The van der Waals surface area contributed by atoms with E-state index in [0.717, 1.165) is 0 Å². The normalized spacial score (nSPS) is 12.2. The average molecular weight is 271 g/mol. The minimum Gasteiger partial charge on any atom is -0.368 e. The summed E-state index contributed by atoms with van der Waals surface area (Å²) in [6, 6.07) is 3.12. The van der Waals surface area contributed by atoms with Crippen molar-refractivity contribution in [1.82, 2.24) is 4.98 Å². The molecule has 0 aromatic carbocycles. The van der Waals surface area contributed by atoms with E-state index in [0.29, 0.717) is 5.82 Å². The molecule has 0 aliphatic carbocycles. The van der Waals surface area contributed by atoms with Crippen LogP contribution in [0.4, 0.5) is 5.82 Å². The van der Waals surface area contributed by atoms with Crippen LogP contribution in [0.15, 0.2) is 18.3 Å². The molecule has 0 bridgehead atoms. The molecule has 3 N–H and O–H groups in total. The summed E-state index contributed by atoms with van der Waals surface area (Å²) in [5, 5.41) is 2.85. The van der Waals surface area contributed by atoms with Crippen LogP contribution >= 0.6 is 0 Å². The van der Waals surface area contributed by atoms with Gasteiger partial charge < -0.3 is 11.1 Å². The van der Waals surface area contributed by atoms with Gasteiger partial charge in [-0.05, 0) is 26.0 Å². The molecule has 0 fully saturated rings. The van der Waals surface area contributed by atoms with Gasteiger partial charge in [0.1, 0.15) is 5.82 Å². The zero-order valence-electron chi connectivity index (χ0n) is 10.6. The second-order valence-corrected chi connectivity index (χ2v) is 7.30. The minimum absolute atomic E-state index is 0.142. The molecule has 1 rings (SSSR count). The fraction of sp³-hybridized carbons (Fsp3) is 0.455. The van der Waals surface area contributed by atoms with Crippen LogP contribution < -0.4 is 11.1 Å². The number of nitrogens with one attached hydrogen (secondary N) is 1. The smallest absolute Gasteiger partial charge is 0.252 e. The van der Waals surface area contributed by atoms with E-state index < -0.39 is 20.5 Å². The third kappa shape index (κ3) is 3.19. The average Bonchev–Trinajstić information content (AvgIpc) is 2.25. The highest BCUT2D eigenvalue weighted by Crippen LogP contribution is 2.17. The number of sulfone groups is 1. The Kier molecular flexibility index (Phi) is 3.95. The number of carbonyl (C=O) groups is 1. The summed E-state index contributed by atoms with van der Waals surface area (Å²) >= 11 is 0. The molecule has 0 aliphatic heterocycles. The molecule has 100 valence electrons. The Morgan fingerprint density at radius 3 is 2.61 bits per heavy atom. The molecule has 0 unspecified atom stereocenters. The van der Waals surface area contributed by atoms with E-state index in [1.807, 2.05) is 0 Å². The summed E-state index contributed by atoms with van der Waals surface area (Å²) in [5.74, 6) is -0.315. The van der Waals surface area contributed by atoms with Crippen molar-refractivity contribution in [2.75, 3.05) is 18.1 Å². The molecule has 1 aromatic rings. The molecule has 0 aliphatic rings. The van der Waals surface area contributed by atoms with Gasteiger partial charge in [0.15, 0.2) is 9.84 Å².